The first-order valence-electron chi connectivity index (χ1n) is 5.38. The van der Waals surface area contributed by atoms with Gasteiger partial charge in [-0.15, -0.1) is 0 Å². The van der Waals surface area contributed by atoms with Crippen LogP contribution >= 0.6 is 0 Å². The van der Waals surface area contributed by atoms with Crippen LogP contribution in [0.5, 0.6) is 0 Å². The highest BCUT2D eigenvalue weighted by molar-refractivity contribution is 4.80. The Morgan fingerprint density at radius 2 is 2.00 bits per heavy atom. The molecule has 0 atom stereocenters. The summed E-state index contributed by atoms with van der Waals surface area (Å²) in [6, 6.07) is 0. The van der Waals surface area contributed by atoms with Gasteiger partial charge >= 0.3 is 6.18 Å². The molecule has 3 nitrogen and oxygen atoms in total. The van der Waals surface area contributed by atoms with Crippen molar-refractivity contribution in [2.24, 2.45) is 5.92 Å². The van der Waals surface area contributed by atoms with E-state index in [-0.39, 0.29) is 12.7 Å². The highest BCUT2D eigenvalue weighted by Crippen LogP contribution is 2.27. The molecule has 0 aromatic carbocycles. The molecule has 0 amide bonds. The average Bonchev–Trinajstić information content (AvgIpc) is 2.08. The van der Waals surface area contributed by atoms with E-state index in [1.807, 2.05) is 11.9 Å². The Morgan fingerprint density at radius 3 is 2.50 bits per heavy atom. The van der Waals surface area contributed by atoms with Crippen molar-refractivity contribution in [1.82, 2.24) is 4.90 Å². The molecule has 6 heteroatoms. The molecule has 0 aliphatic heterocycles. The molecular formula is C10H18F3NO2. The van der Waals surface area contributed by atoms with Gasteiger partial charge in [-0.3, -0.25) is 0 Å². The van der Waals surface area contributed by atoms with Gasteiger partial charge in [-0.25, -0.2) is 0 Å². The Hall–Kier alpha value is -0.330. The number of nitrogens with zero attached hydrogens (tertiary/aromatic N) is 1. The summed E-state index contributed by atoms with van der Waals surface area (Å²) in [6.45, 7) is 0.212. The van der Waals surface area contributed by atoms with E-state index in [0.29, 0.717) is 12.5 Å². The predicted molar refractivity (Wildman–Crippen MR) is 53.1 cm³/mol. The van der Waals surface area contributed by atoms with Crippen molar-refractivity contribution in [3.63, 3.8) is 0 Å². The van der Waals surface area contributed by atoms with E-state index in [9.17, 15) is 13.2 Å². The third-order valence-corrected chi connectivity index (χ3v) is 2.66. The summed E-state index contributed by atoms with van der Waals surface area (Å²) in [5, 5.41) is 9.07. The van der Waals surface area contributed by atoms with Gasteiger partial charge in [-0.05, 0) is 25.8 Å². The third kappa shape index (κ3) is 5.67. The summed E-state index contributed by atoms with van der Waals surface area (Å²) < 4.78 is 39.7. The number of hydrogen-bond donors (Lipinski definition) is 1. The molecule has 1 N–H and O–H groups in total. The van der Waals surface area contributed by atoms with Gasteiger partial charge in [0.15, 0.2) is 0 Å². The Morgan fingerprint density at radius 1 is 1.38 bits per heavy atom. The smallest absolute Gasteiger partial charge is 0.393 e. The van der Waals surface area contributed by atoms with Crippen molar-refractivity contribution in [3.05, 3.63) is 0 Å². The minimum atomic E-state index is -4.24. The van der Waals surface area contributed by atoms with Gasteiger partial charge in [0.25, 0.3) is 0 Å². The SMILES string of the molecule is CN(CCOCC(F)(F)F)CC1CC(O)C1. The van der Waals surface area contributed by atoms with Gasteiger partial charge < -0.3 is 14.7 Å². The van der Waals surface area contributed by atoms with Crippen LogP contribution in [0.25, 0.3) is 0 Å². The molecule has 0 heterocycles. The van der Waals surface area contributed by atoms with Crippen LogP contribution in [0.4, 0.5) is 13.2 Å². The third-order valence-electron chi connectivity index (χ3n) is 2.66. The van der Waals surface area contributed by atoms with Gasteiger partial charge in [-0.2, -0.15) is 13.2 Å². The molecule has 96 valence electrons. The lowest BCUT2D eigenvalue weighted by molar-refractivity contribution is -0.174. The van der Waals surface area contributed by atoms with Crippen LogP contribution in [0.3, 0.4) is 0 Å². The summed E-state index contributed by atoms with van der Waals surface area (Å²) in [7, 11) is 1.85. The van der Waals surface area contributed by atoms with Crippen molar-refractivity contribution in [1.29, 1.82) is 0 Å². The largest absolute Gasteiger partial charge is 0.411 e. The predicted octanol–water partition coefficient (Wildman–Crippen LogP) is 1.27. The van der Waals surface area contributed by atoms with Crippen LogP contribution in [0, 0.1) is 5.92 Å². The number of likely N-dealkylation sites (N-methyl/N-ethyl adjacent to an activating group) is 1. The van der Waals surface area contributed by atoms with E-state index >= 15 is 0 Å². The number of halogens is 3. The molecule has 1 fully saturated rings. The fourth-order valence-electron chi connectivity index (χ4n) is 1.79. The maximum Gasteiger partial charge on any atom is 0.411 e. The van der Waals surface area contributed by atoms with Gasteiger partial charge in [0.2, 0.25) is 0 Å². The first kappa shape index (κ1) is 13.7. The molecule has 0 unspecified atom stereocenters. The monoisotopic (exact) mass is 241 g/mol. The Kier molecular flexibility index (Phi) is 5.01. The zero-order valence-electron chi connectivity index (χ0n) is 9.33. The lowest BCUT2D eigenvalue weighted by atomic mass is 9.82. The van der Waals surface area contributed by atoms with Gasteiger partial charge in [-0.1, -0.05) is 0 Å². The van der Waals surface area contributed by atoms with Gasteiger partial charge in [0.05, 0.1) is 12.7 Å². The molecule has 0 saturated heterocycles. The van der Waals surface area contributed by atoms with E-state index in [1.165, 1.54) is 0 Å². The van der Waals surface area contributed by atoms with Crippen molar-refractivity contribution >= 4 is 0 Å². The molecule has 16 heavy (non-hydrogen) atoms. The summed E-state index contributed by atoms with van der Waals surface area (Å²) in [5.74, 6) is 0.475. The molecule has 0 aromatic heterocycles. The van der Waals surface area contributed by atoms with E-state index in [2.05, 4.69) is 4.74 Å². The van der Waals surface area contributed by atoms with Crippen LogP contribution in [0.1, 0.15) is 12.8 Å². The number of ether oxygens (including phenoxy) is 1. The van der Waals surface area contributed by atoms with Crippen LogP contribution in [-0.2, 0) is 4.74 Å². The first-order valence-corrected chi connectivity index (χ1v) is 5.38. The minimum absolute atomic E-state index is 0.0886. The van der Waals surface area contributed by atoms with Crippen molar-refractivity contribution in [2.75, 3.05) is 33.4 Å². The van der Waals surface area contributed by atoms with Crippen LogP contribution in [0.15, 0.2) is 0 Å². The topological polar surface area (TPSA) is 32.7 Å². The Bertz CT molecular complexity index is 205. The number of aliphatic hydroxyl groups is 1. The van der Waals surface area contributed by atoms with Crippen molar-refractivity contribution < 1.29 is 23.0 Å². The molecular weight excluding hydrogens is 223 g/mol. The maximum absolute atomic E-state index is 11.7. The van der Waals surface area contributed by atoms with Crippen molar-refractivity contribution in [2.45, 2.75) is 25.1 Å². The van der Waals surface area contributed by atoms with E-state index in [1.54, 1.807) is 0 Å². The minimum Gasteiger partial charge on any atom is -0.393 e. The van der Waals surface area contributed by atoms with Crippen LogP contribution in [0.2, 0.25) is 0 Å². The molecule has 0 spiro atoms. The van der Waals surface area contributed by atoms with Gasteiger partial charge in [0, 0.05) is 13.1 Å². The summed E-state index contributed by atoms with van der Waals surface area (Å²) in [4.78, 5) is 1.94. The summed E-state index contributed by atoms with van der Waals surface area (Å²) >= 11 is 0. The summed E-state index contributed by atoms with van der Waals surface area (Å²) in [6.07, 6.45) is -2.82. The molecule has 1 saturated carbocycles. The van der Waals surface area contributed by atoms with E-state index in [0.717, 1.165) is 19.4 Å². The second-order valence-electron chi connectivity index (χ2n) is 4.42. The average molecular weight is 241 g/mol. The summed E-state index contributed by atoms with van der Waals surface area (Å²) in [5.41, 5.74) is 0. The van der Waals surface area contributed by atoms with E-state index < -0.39 is 12.8 Å². The zero-order chi connectivity index (χ0) is 12.2. The normalized spacial score (nSPS) is 25.9. The molecule has 0 radical (unpaired) electrons. The second-order valence-corrected chi connectivity index (χ2v) is 4.42. The second kappa shape index (κ2) is 5.84. The molecule has 1 aliphatic carbocycles. The first-order chi connectivity index (χ1) is 7.37. The molecule has 1 rings (SSSR count). The number of rotatable bonds is 6. The maximum atomic E-state index is 11.7. The fraction of sp³-hybridized carbons (Fsp3) is 1.00. The quantitative estimate of drug-likeness (QED) is 0.711. The standard InChI is InChI=1S/C10H18F3NO2/c1-14(6-8-4-9(15)5-8)2-3-16-7-10(11,12)13/h8-9,15H,2-7H2,1H3. The fourth-order valence-corrected chi connectivity index (χ4v) is 1.79. The highest BCUT2D eigenvalue weighted by Gasteiger charge is 2.28. The van der Waals surface area contributed by atoms with E-state index in [4.69, 9.17) is 5.11 Å². The number of hydrogen-bond acceptors (Lipinski definition) is 3. The highest BCUT2D eigenvalue weighted by atomic mass is 19.4. The lowest BCUT2D eigenvalue weighted by Crippen LogP contribution is -2.38. The van der Waals surface area contributed by atoms with Gasteiger partial charge in [0.1, 0.15) is 6.61 Å². The van der Waals surface area contributed by atoms with Crippen LogP contribution in [-0.4, -0.2) is 55.6 Å². The molecule has 0 bridgehead atoms. The van der Waals surface area contributed by atoms with Crippen molar-refractivity contribution in [3.8, 4) is 0 Å². The number of aliphatic hydroxyl groups excluding tert-OH is 1. The molecule has 0 aromatic rings. The zero-order valence-corrected chi connectivity index (χ0v) is 9.33. The Labute approximate surface area is 93.2 Å². The molecule has 1 aliphatic rings. The lowest BCUT2D eigenvalue weighted by Gasteiger charge is -2.34. The van der Waals surface area contributed by atoms with Crippen LogP contribution < -0.4 is 0 Å². The Balaban J connectivity index is 1.96. The number of alkyl halides is 3.